The third-order valence-corrected chi connectivity index (χ3v) is 9.77. The van der Waals surface area contributed by atoms with Crippen LogP contribution >= 0.6 is 0 Å². The molecule has 9 heteroatoms. The van der Waals surface area contributed by atoms with Gasteiger partial charge in [0.1, 0.15) is 40.5 Å². The average molecular weight is 491 g/mol. The number of fused-ring (bicyclic) bond motifs is 5. The lowest BCUT2D eigenvalue weighted by molar-refractivity contribution is -0.410. The lowest BCUT2D eigenvalue weighted by Crippen LogP contribution is -2.80. The van der Waals surface area contributed by atoms with Crippen LogP contribution < -0.4 is 9.47 Å². The predicted molar refractivity (Wildman–Crippen MR) is 121 cm³/mol. The van der Waals surface area contributed by atoms with Gasteiger partial charge in [-0.15, -0.1) is 0 Å². The van der Waals surface area contributed by atoms with Crippen LogP contribution in [0, 0.1) is 18.3 Å². The van der Waals surface area contributed by atoms with Crippen LogP contribution in [0.5, 0.6) is 11.5 Å². The maximum Gasteiger partial charge on any atom is 0.342 e. The number of carbonyl (C=O) groups excluding carboxylic acids is 1. The second-order valence-electron chi connectivity index (χ2n) is 11.6. The molecule has 7 atom stereocenters. The molecule has 3 fully saturated rings. The summed E-state index contributed by atoms with van der Waals surface area (Å²) in [7, 11) is 3.02. The van der Waals surface area contributed by atoms with E-state index in [1.165, 1.54) is 14.2 Å². The Labute approximate surface area is 204 Å². The fourth-order valence-electron chi connectivity index (χ4n) is 8.26. The van der Waals surface area contributed by atoms with E-state index in [1.54, 1.807) is 0 Å². The monoisotopic (exact) mass is 490 g/mol. The van der Waals surface area contributed by atoms with Gasteiger partial charge in [-0.05, 0) is 39.7 Å². The van der Waals surface area contributed by atoms with Crippen LogP contribution in [0.3, 0.4) is 0 Å². The number of esters is 1. The van der Waals surface area contributed by atoms with Gasteiger partial charge in [-0.3, -0.25) is 0 Å². The third kappa shape index (κ3) is 2.44. The van der Waals surface area contributed by atoms with Gasteiger partial charge in [0.05, 0.1) is 25.7 Å². The quantitative estimate of drug-likeness (QED) is 0.603. The SMILES string of the molecule is COc1c2c(c(C)c3c1C(=O)OC3)O[C@@]1(C)C[C@@H](O)[C@]34O[C@](OC)(C[C@@H](O)[C@]3(C)[C@H]1C2)OC4(C)C. The Morgan fingerprint density at radius 1 is 1.00 bits per heavy atom. The molecular formula is C26H34O9. The Kier molecular flexibility index (Phi) is 4.49. The van der Waals surface area contributed by atoms with E-state index in [1.807, 2.05) is 34.6 Å². The van der Waals surface area contributed by atoms with Crippen LogP contribution in [0.25, 0.3) is 0 Å². The number of hydrogen-bond donors (Lipinski definition) is 2. The first-order valence-electron chi connectivity index (χ1n) is 12.2. The molecule has 1 saturated carbocycles. The molecule has 35 heavy (non-hydrogen) atoms. The van der Waals surface area contributed by atoms with Crippen LogP contribution in [0.4, 0.5) is 0 Å². The van der Waals surface area contributed by atoms with Crippen molar-refractivity contribution in [1.82, 2.24) is 0 Å². The van der Waals surface area contributed by atoms with Gasteiger partial charge >= 0.3 is 5.97 Å². The first-order valence-corrected chi connectivity index (χ1v) is 12.2. The highest BCUT2D eigenvalue weighted by Crippen LogP contribution is 2.70. The Morgan fingerprint density at radius 3 is 2.37 bits per heavy atom. The normalized spacial score (nSPS) is 44.5. The molecule has 0 aromatic heterocycles. The Balaban J connectivity index is 1.58. The lowest BCUT2D eigenvalue weighted by Gasteiger charge is -2.67. The smallest absolute Gasteiger partial charge is 0.342 e. The van der Waals surface area contributed by atoms with Gasteiger partial charge in [0.15, 0.2) is 0 Å². The summed E-state index contributed by atoms with van der Waals surface area (Å²) < 4.78 is 36.4. The van der Waals surface area contributed by atoms with Crippen LogP contribution in [-0.4, -0.2) is 65.4 Å². The van der Waals surface area contributed by atoms with Crippen molar-refractivity contribution in [2.45, 2.75) is 95.5 Å². The van der Waals surface area contributed by atoms with Gasteiger partial charge in [0.25, 0.3) is 5.97 Å². The minimum absolute atomic E-state index is 0.0873. The van der Waals surface area contributed by atoms with E-state index < -0.39 is 46.4 Å². The minimum atomic E-state index is -1.44. The van der Waals surface area contributed by atoms with Gasteiger partial charge < -0.3 is 38.6 Å². The van der Waals surface area contributed by atoms with Crippen molar-refractivity contribution in [2.75, 3.05) is 14.2 Å². The van der Waals surface area contributed by atoms with Crippen molar-refractivity contribution in [3.05, 3.63) is 22.3 Å². The molecule has 0 unspecified atom stereocenters. The van der Waals surface area contributed by atoms with E-state index in [2.05, 4.69) is 0 Å². The molecule has 4 heterocycles. The summed E-state index contributed by atoms with van der Waals surface area (Å²) in [6.45, 7) is 9.78. The molecule has 5 aliphatic rings. The van der Waals surface area contributed by atoms with Gasteiger partial charge in [-0.25, -0.2) is 4.79 Å². The van der Waals surface area contributed by atoms with Crippen molar-refractivity contribution < 1.29 is 43.4 Å². The summed E-state index contributed by atoms with van der Waals surface area (Å²) >= 11 is 0. The maximum atomic E-state index is 12.6. The number of carbonyl (C=O) groups is 1. The number of aliphatic hydroxyl groups is 2. The van der Waals surface area contributed by atoms with Crippen molar-refractivity contribution in [1.29, 1.82) is 0 Å². The number of rotatable bonds is 2. The Hall–Kier alpha value is -1.91. The number of hydrogen-bond acceptors (Lipinski definition) is 9. The van der Waals surface area contributed by atoms with Crippen LogP contribution in [-0.2, 0) is 32.0 Å². The molecule has 2 bridgehead atoms. The molecule has 4 aliphatic heterocycles. The van der Waals surface area contributed by atoms with Gasteiger partial charge in [0.2, 0.25) is 0 Å². The van der Waals surface area contributed by atoms with Crippen LogP contribution in [0.15, 0.2) is 0 Å². The third-order valence-electron chi connectivity index (χ3n) is 9.77. The fraction of sp³-hybridized carbons (Fsp3) is 0.731. The molecule has 9 nitrogen and oxygen atoms in total. The second kappa shape index (κ2) is 6.69. The molecule has 0 radical (unpaired) electrons. The van der Waals surface area contributed by atoms with Crippen molar-refractivity contribution in [2.24, 2.45) is 11.3 Å². The van der Waals surface area contributed by atoms with Gasteiger partial charge in [-0.2, -0.15) is 0 Å². The zero-order valence-corrected chi connectivity index (χ0v) is 21.3. The zero-order chi connectivity index (χ0) is 25.3. The average Bonchev–Trinajstić information content (AvgIpc) is 3.26. The first-order chi connectivity index (χ1) is 16.3. The Morgan fingerprint density at radius 2 is 1.71 bits per heavy atom. The minimum Gasteiger partial charge on any atom is -0.495 e. The van der Waals surface area contributed by atoms with Gasteiger partial charge in [-0.1, -0.05) is 6.92 Å². The van der Waals surface area contributed by atoms with E-state index in [-0.39, 0.29) is 25.4 Å². The standard InChI is InChI=1S/C26H34O9/c1-12-14-11-32-21(29)18(14)20(30-6)13-8-15-23(4,33-19(12)13)9-17(28)26-22(2,3)34-25(31-7,35-26)10-16(27)24(15,26)5/h15-17,27-28H,8-11H2,1-7H3/t15-,16+,17+,23-,24-,25-,26+/m0/s1. The van der Waals surface area contributed by atoms with Crippen LogP contribution in [0.1, 0.15) is 67.6 Å². The molecule has 1 aliphatic carbocycles. The fourth-order valence-corrected chi connectivity index (χ4v) is 8.26. The molecule has 2 N–H and O–H groups in total. The number of cyclic esters (lactones) is 1. The molecule has 1 aromatic rings. The summed E-state index contributed by atoms with van der Waals surface area (Å²) in [6, 6.07) is 0. The number of ether oxygens (including phenoxy) is 6. The zero-order valence-electron chi connectivity index (χ0n) is 21.3. The molecule has 2 saturated heterocycles. The van der Waals surface area contributed by atoms with E-state index >= 15 is 0 Å². The van der Waals surface area contributed by atoms with E-state index in [0.717, 1.165) is 16.7 Å². The van der Waals surface area contributed by atoms with Crippen molar-refractivity contribution in [3.63, 3.8) is 0 Å². The maximum absolute atomic E-state index is 12.6. The van der Waals surface area contributed by atoms with E-state index in [0.29, 0.717) is 23.5 Å². The number of methoxy groups -OCH3 is 2. The Bertz CT molecular complexity index is 1150. The molecule has 192 valence electrons. The molecular weight excluding hydrogens is 456 g/mol. The van der Waals surface area contributed by atoms with Crippen molar-refractivity contribution in [3.8, 4) is 11.5 Å². The summed E-state index contributed by atoms with van der Waals surface area (Å²) in [5.74, 6) is -1.05. The second-order valence-corrected chi connectivity index (χ2v) is 11.6. The summed E-state index contributed by atoms with van der Waals surface area (Å²) in [5.41, 5.74) is -1.24. The molecule has 1 spiro atoms. The first kappa shape index (κ1) is 23.5. The van der Waals surface area contributed by atoms with Crippen LogP contribution in [0.2, 0.25) is 0 Å². The largest absolute Gasteiger partial charge is 0.495 e. The van der Waals surface area contributed by atoms with E-state index in [9.17, 15) is 15.0 Å². The van der Waals surface area contributed by atoms with Crippen molar-refractivity contribution >= 4 is 5.97 Å². The topological polar surface area (TPSA) is 113 Å². The van der Waals surface area contributed by atoms with Gasteiger partial charge in [0, 0.05) is 36.0 Å². The highest BCUT2D eigenvalue weighted by molar-refractivity contribution is 5.98. The highest BCUT2D eigenvalue weighted by Gasteiger charge is 2.83. The highest BCUT2D eigenvalue weighted by atomic mass is 16.9. The summed E-state index contributed by atoms with van der Waals surface area (Å²) in [5, 5.41) is 23.5. The predicted octanol–water partition coefficient (Wildman–Crippen LogP) is 2.38. The molecule has 6 rings (SSSR count). The summed E-state index contributed by atoms with van der Waals surface area (Å²) in [6.07, 6.45) is -1.12. The van der Waals surface area contributed by atoms with E-state index in [4.69, 9.17) is 28.4 Å². The summed E-state index contributed by atoms with van der Waals surface area (Å²) in [4.78, 5) is 12.6. The molecule has 1 aromatic carbocycles. The molecule has 0 amide bonds. The lowest BCUT2D eigenvalue weighted by atomic mass is 9.45. The number of benzene rings is 1. The number of aliphatic hydroxyl groups excluding tert-OH is 2.